The van der Waals surface area contributed by atoms with Gasteiger partial charge in [-0.25, -0.2) is 13.1 Å². The number of hydrogen-bond donors (Lipinski definition) is 2. The highest BCUT2D eigenvalue weighted by atomic mass is 79.9. The van der Waals surface area contributed by atoms with Crippen molar-refractivity contribution in [3.05, 3.63) is 58.6 Å². The maximum atomic E-state index is 12.2. The van der Waals surface area contributed by atoms with E-state index in [1.54, 1.807) is 37.3 Å². The van der Waals surface area contributed by atoms with Gasteiger partial charge in [0.15, 0.2) is 0 Å². The molecule has 0 unspecified atom stereocenters. The molecule has 0 bridgehead atoms. The summed E-state index contributed by atoms with van der Waals surface area (Å²) >= 11 is 3.32. The Kier molecular flexibility index (Phi) is 5.33. The molecule has 0 aliphatic rings. The van der Waals surface area contributed by atoms with Crippen molar-refractivity contribution in [2.24, 2.45) is 0 Å². The summed E-state index contributed by atoms with van der Waals surface area (Å²) in [4.78, 5) is 12.3. The Morgan fingerprint density at radius 1 is 1.14 bits per heavy atom. The van der Waals surface area contributed by atoms with Crippen LogP contribution in [0.15, 0.2) is 57.9 Å². The Balaban J connectivity index is 2.24. The Hall–Kier alpha value is -1.70. The fourth-order valence-corrected chi connectivity index (χ4v) is 3.33. The third-order valence-electron chi connectivity index (χ3n) is 2.82. The molecule has 0 fully saturated rings. The Bertz CT molecular complexity index is 791. The van der Waals surface area contributed by atoms with Gasteiger partial charge in [-0.15, -0.1) is 0 Å². The topological polar surface area (TPSA) is 75.3 Å². The molecule has 5 nitrogen and oxygen atoms in total. The zero-order valence-corrected chi connectivity index (χ0v) is 14.2. The number of carbonyl (C=O) groups is 1. The average Bonchev–Trinajstić information content (AvgIpc) is 2.47. The molecule has 2 aromatic rings. The maximum Gasteiger partial charge on any atom is 0.255 e. The first-order chi connectivity index (χ1) is 10.4. The normalized spacial score (nSPS) is 11.2. The minimum atomic E-state index is -3.58. The minimum Gasteiger partial charge on any atom is -0.322 e. The predicted octanol–water partition coefficient (Wildman–Crippen LogP) is 3.00. The molecule has 2 rings (SSSR count). The summed E-state index contributed by atoms with van der Waals surface area (Å²) in [5.41, 5.74) is 0.901. The second-order valence-electron chi connectivity index (χ2n) is 4.49. The summed E-state index contributed by atoms with van der Waals surface area (Å²) in [6.07, 6.45) is 0. The number of nitrogens with one attached hydrogen (secondary N) is 2. The SMILES string of the molecule is CCNS(=O)(=O)c1cccc(C(=O)Nc2cccc(Br)c2)c1. The van der Waals surface area contributed by atoms with Crippen LogP contribution in [0.3, 0.4) is 0 Å². The van der Waals surface area contributed by atoms with Crippen molar-refractivity contribution < 1.29 is 13.2 Å². The van der Waals surface area contributed by atoms with Gasteiger partial charge < -0.3 is 5.32 Å². The van der Waals surface area contributed by atoms with Crippen LogP contribution >= 0.6 is 15.9 Å². The number of hydrogen-bond acceptors (Lipinski definition) is 3. The first kappa shape index (κ1) is 16.7. The number of anilines is 1. The second-order valence-corrected chi connectivity index (χ2v) is 7.18. The molecule has 2 aromatic carbocycles. The van der Waals surface area contributed by atoms with Crippen molar-refractivity contribution in [3.63, 3.8) is 0 Å². The van der Waals surface area contributed by atoms with Gasteiger partial charge in [0.25, 0.3) is 5.91 Å². The van der Waals surface area contributed by atoms with Crippen LogP contribution in [0.4, 0.5) is 5.69 Å². The lowest BCUT2D eigenvalue weighted by atomic mass is 10.2. The summed E-state index contributed by atoms with van der Waals surface area (Å²) in [5.74, 6) is -0.369. The Morgan fingerprint density at radius 3 is 2.55 bits per heavy atom. The van der Waals surface area contributed by atoms with Crippen LogP contribution < -0.4 is 10.0 Å². The van der Waals surface area contributed by atoms with Crippen molar-refractivity contribution >= 4 is 37.5 Å². The van der Waals surface area contributed by atoms with E-state index in [9.17, 15) is 13.2 Å². The van der Waals surface area contributed by atoms with E-state index in [1.165, 1.54) is 12.1 Å². The summed E-state index contributed by atoms with van der Waals surface area (Å²) < 4.78 is 27.2. The monoisotopic (exact) mass is 382 g/mol. The van der Waals surface area contributed by atoms with Crippen LogP contribution in [0.5, 0.6) is 0 Å². The second kappa shape index (κ2) is 7.04. The quantitative estimate of drug-likeness (QED) is 0.834. The molecule has 0 saturated carbocycles. The number of benzene rings is 2. The Morgan fingerprint density at radius 2 is 1.86 bits per heavy atom. The van der Waals surface area contributed by atoms with E-state index >= 15 is 0 Å². The van der Waals surface area contributed by atoms with Crippen LogP contribution in [0.1, 0.15) is 17.3 Å². The van der Waals surface area contributed by atoms with Crippen LogP contribution in [0, 0.1) is 0 Å². The van der Waals surface area contributed by atoms with Crippen molar-refractivity contribution in [2.75, 3.05) is 11.9 Å². The highest BCUT2D eigenvalue weighted by molar-refractivity contribution is 9.10. The van der Waals surface area contributed by atoms with Crippen LogP contribution in [0.25, 0.3) is 0 Å². The highest BCUT2D eigenvalue weighted by Gasteiger charge is 2.15. The van der Waals surface area contributed by atoms with E-state index in [2.05, 4.69) is 26.0 Å². The lowest BCUT2D eigenvalue weighted by Crippen LogP contribution is -2.23. The van der Waals surface area contributed by atoms with Gasteiger partial charge in [-0.2, -0.15) is 0 Å². The van der Waals surface area contributed by atoms with Gasteiger partial charge in [-0.3, -0.25) is 4.79 Å². The molecule has 1 amide bonds. The third-order valence-corrected chi connectivity index (χ3v) is 4.86. The van der Waals surface area contributed by atoms with Gasteiger partial charge >= 0.3 is 0 Å². The van der Waals surface area contributed by atoms with Crippen molar-refractivity contribution in [1.82, 2.24) is 4.72 Å². The number of sulfonamides is 1. The van der Waals surface area contributed by atoms with E-state index in [-0.39, 0.29) is 22.9 Å². The zero-order valence-electron chi connectivity index (χ0n) is 11.8. The number of amides is 1. The molecule has 0 spiro atoms. The minimum absolute atomic E-state index is 0.0660. The molecule has 22 heavy (non-hydrogen) atoms. The molecule has 0 aliphatic carbocycles. The zero-order chi connectivity index (χ0) is 16.2. The van der Waals surface area contributed by atoms with E-state index in [4.69, 9.17) is 0 Å². The molecular weight excluding hydrogens is 368 g/mol. The lowest BCUT2D eigenvalue weighted by Gasteiger charge is -2.08. The van der Waals surface area contributed by atoms with Crippen LogP contribution in [0.2, 0.25) is 0 Å². The summed E-state index contributed by atoms with van der Waals surface area (Å²) in [7, 11) is -3.58. The molecule has 0 heterocycles. The predicted molar refractivity (Wildman–Crippen MR) is 89.4 cm³/mol. The van der Waals surface area contributed by atoms with Crippen LogP contribution in [-0.4, -0.2) is 20.9 Å². The Labute approximate surface area is 137 Å². The van der Waals surface area contributed by atoms with E-state index < -0.39 is 10.0 Å². The molecule has 0 radical (unpaired) electrons. The van der Waals surface area contributed by atoms with Gasteiger partial charge in [-0.1, -0.05) is 35.0 Å². The summed E-state index contributed by atoms with van der Waals surface area (Å²) in [5, 5.41) is 2.73. The van der Waals surface area contributed by atoms with Crippen LogP contribution in [-0.2, 0) is 10.0 Å². The maximum absolute atomic E-state index is 12.2. The fourth-order valence-electron chi connectivity index (χ4n) is 1.85. The molecule has 7 heteroatoms. The standard InChI is InChI=1S/C15H15BrN2O3S/c1-2-17-22(20,21)14-8-3-5-11(9-14)15(19)18-13-7-4-6-12(16)10-13/h3-10,17H,2H2,1H3,(H,18,19). The number of carbonyl (C=O) groups excluding carboxylic acids is 1. The molecule has 116 valence electrons. The largest absolute Gasteiger partial charge is 0.322 e. The van der Waals surface area contributed by atoms with Crippen molar-refractivity contribution in [1.29, 1.82) is 0 Å². The van der Waals surface area contributed by atoms with Gasteiger partial charge in [0.1, 0.15) is 0 Å². The molecule has 0 atom stereocenters. The van der Waals surface area contributed by atoms with E-state index in [0.29, 0.717) is 5.69 Å². The summed E-state index contributed by atoms with van der Waals surface area (Å²) in [6.45, 7) is 1.98. The first-order valence-corrected chi connectivity index (χ1v) is 8.86. The smallest absolute Gasteiger partial charge is 0.255 e. The molecular formula is C15H15BrN2O3S. The molecule has 0 aromatic heterocycles. The fraction of sp³-hybridized carbons (Fsp3) is 0.133. The van der Waals surface area contributed by atoms with Gasteiger partial charge in [0.05, 0.1) is 4.90 Å². The van der Waals surface area contributed by atoms with E-state index in [1.807, 2.05) is 6.07 Å². The van der Waals surface area contributed by atoms with Gasteiger partial charge in [0, 0.05) is 22.3 Å². The van der Waals surface area contributed by atoms with Crippen molar-refractivity contribution in [3.8, 4) is 0 Å². The van der Waals surface area contributed by atoms with Gasteiger partial charge in [-0.05, 0) is 36.4 Å². The molecule has 0 saturated heterocycles. The number of rotatable bonds is 5. The highest BCUT2D eigenvalue weighted by Crippen LogP contribution is 2.17. The van der Waals surface area contributed by atoms with E-state index in [0.717, 1.165) is 4.47 Å². The summed E-state index contributed by atoms with van der Waals surface area (Å²) in [6, 6.07) is 13.1. The molecule has 2 N–H and O–H groups in total. The molecule has 0 aliphatic heterocycles. The van der Waals surface area contributed by atoms with Gasteiger partial charge in [0.2, 0.25) is 10.0 Å². The third kappa shape index (κ3) is 4.16. The lowest BCUT2D eigenvalue weighted by molar-refractivity contribution is 0.102. The first-order valence-electron chi connectivity index (χ1n) is 6.59. The van der Waals surface area contributed by atoms with Crippen molar-refractivity contribution in [2.45, 2.75) is 11.8 Å². The average molecular weight is 383 g/mol. The number of halogens is 1.